The fourth-order valence-corrected chi connectivity index (χ4v) is 2.03. The van der Waals surface area contributed by atoms with Gasteiger partial charge in [0, 0.05) is 5.39 Å². The predicted octanol–water partition coefficient (Wildman–Crippen LogP) is 2.96. The number of nitrogens with zero attached hydrogens (tertiary/aromatic N) is 1. The molecule has 0 aliphatic rings. The summed E-state index contributed by atoms with van der Waals surface area (Å²) in [4.78, 5) is 11.7. The summed E-state index contributed by atoms with van der Waals surface area (Å²) >= 11 is 0. The standard InChI is InChI=1S/C17H14N2O3/c20-17(19-18-11-14-7-4-10-21-14)12-22-16-9-3-6-13-5-1-2-8-15(13)16/h1-11H,12H2,(H,19,20). The molecule has 1 N–H and O–H groups in total. The van der Waals surface area contributed by atoms with Gasteiger partial charge in [-0.1, -0.05) is 36.4 Å². The van der Waals surface area contributed by atoms with Crippen molar-refractivity contribution in [3.63, 3.8) is 0 Å². The van der Waals surface area contributed by atoms with Gasteiger partial charge in [-0.15, -0.1) is 0 Å². The summed E-state index contributed by atoms with van der Waals surface area (Å²) in [6.07, 6.45) is 2.96. The molecule has 0 unspecified atom stereocenters. The summed E-state index contributed by atoms with van der Waals surface area (Å²) in [6, 6.07) is 17.1. The van der Waals surface area contributed by atoms with E-state index >= 15 is 0 Å². The van der Waals surface area contributed by atoms with Gasteiger partial charge >= 0.3 is 0 Å². The maximum Gasteiger partial charge on any atom is 0.277 e. The van der Waals surface area contributed by atoms with E-state index in [-0.39, 0.29) is 12.5 Å². The highest BCUT2D eigenvalue weighted by molar-refractivity contribution is 5.88. The van der Waals surface area contributed by atoms with Gasteiger partial charge in [-0.2, -0.15) is 5.10 Å². The molecule has 0 saturated carbocycles. The number of carbonyl (C=O) groups is 1. The molecule has 1 amide bonds. The Labute approximate surface area is 127 Å². The zero-order valence-electron chi connectivity index (χ0n) is 11.7. The Kier molecular flexibility index (Phi) is 4.15. The number of hydrogen-bond donors (Lipinski definition) is 1. The van der Waals surface area contributed by atoms with Gasteiger partial charge in [-0.3, -0.25) is 4.79 Å². The van der Waals surface area contributed by atoms with Crippen molar-refractivity contribution in [3.05, 3.63) is 66.6 Å². The van der Waals surface area contributed by atoms with Crippen molar-refractivity contribution < 1.29 is 13.9 Å². The lowest BCUT2D eigenvalue weighted by molar-refractivity contribution is -0.123. The molecule has 0 saturated heterocycles. The van der Waals surface area contributed by atoms with Crippen molar-refractivity contribution in [2.24, 2.45) is 5.10 Å². The number of rotatable bonds is 5. The van der Waals surface area contributed by atoms with Crippen molar-refractivity contribution in [1.82, 2.24) is 5.43 Å². The maximum absolute atomic E-state index is 11.7. The molecule has 2 aromatic carbocycles. The van der Waals surface area contributed by atoms with Crippen molar-refractivity contribution in [2.45, 2.75) is 0 Å². The molecule has 3 aromatic rings. The van der Waals surface area contributed by atoms with Crippen LogP contribution >= 0.6 is 0 Å². The molecule has 3 rings (SSSR count). The van der Waals surface area contributed by atoms with E-state index in [0.29, 0.717) is 11.5 Å². The highest BCUT2D eigenvalue weighted by Gasteiger charge is 2.04. The van der Waals surface area contributed by atoms with Crippen LogP contribution in [0, 0.1) is 0 Å². The largest absolute Gasteiger partial charge is 0.483 e. The third kappa shape index (κ3) is 3.32. The minimum Gasteiger partial charge on any atom is -0.483 e. The number of benzene rings is 2. The third-order valence-corrected chi connectivity index (χ3v) is 3.03. The first-order chi connectivity index (χ1) is 10.8. The molecule has 0 atom stereocenters. The monoisotopic (exact) mass is 294 g/mol. The van der Waals surface area contributed by atoms with Crippen LogP contribution in [0.4, 0.5) is 0 Å². The molecule has 0 spiro atoms. The third-order valence-electron chi connectivity index (χ3n) is 3.03. The average Bonchev–Trinajstić information content (AvgIpc) is 3.06. The smallest absolute Gasteiger partial charge is 0.277 e. The summed E-state index contributed by atoms with van der Waals surface area (Å²) in [5, 5.41) is 5.83. The van der Waals surface area contributed by atoms with Gasteiger partial charge in [0.1, 0.15) is 11.5 Å². The minimum atomic E-state index is -0.337. The van der Waals surface area contributed by atoms with Gasteiger partial charge in [0.15, 0.2) is 6.61 Å². The predicted molar refractivity (Wildman–Crippen MR) is 83.9 cm³/mol. The second kappa shape index (κ2) is 6.58. The van der Waals surface area contributed by atoms with Crippen molar-refractivity contribution in [1.29, 1.82) is 0 Å². The lowest BCUT2D eigenvalue weighted by Crippen LogP contribution is -2.24. The van der Waals surface area contributed by atoms with Crippen LogP contribution in [-0.4, -0.2) is 18.7 Å². The number of carbonyl (C=O) groups excluding carboxylic acids is 1. The molecule has 5 heteroatoms. The van der Waals surface area contributed by atoms with Crippen LogP contribution in [0.25, 0.3) is 10.8 Å². The summed E-state index contributed by atoms with van der Waals surface area (Å²) in [6.45, 7) is -0.108. The first-order valence-corrected chi connectivity index (χ1v) is 6.79. The normalized spacial score (nSPS) is 10.9. The van der Waals surface area contributed by atoms with Crippen LogP contribution in [0.5, 0.6) is 5.75 Å². The lowest BCUT2D eigenvalue weighted by Gasteiger charge is -2.08. The zero-order chi connectivity index (χ0) is 15.2. The molecular weight excluding hydrogens is 280 g/mol. The lowest BCUT2D eigenvalue weighted by atomic mass is 10.1. The molecule has 0 fully saturated rings. The molecule has 5 nitrogen and oxygen atoms in total. The average molecular weight is 294 g/mol. The Morgan fingerprint density at radius 3 is 2.86 bits per heavy atom. The molecular formula is C17H14N2O3. The molecule has 1 heterocycles. The van der Waals surface area contributed by atoms with Gasteiger partial charge in [0.2, 0.25) is 0 Å². The number of hydrazone groups is 1. The SMILES string of the molecule is O=C(COc1cccc2ccccc12)NN=Cc1ccco1. The van der Waals surface area contributed by atoms with E-state index in [0.717, 1.165) is 10.8 Å². The Morgan fingerprint density at radius 2 is 2.00 bits per heavy atom. The van der Waals surface area contributed by atoms with Crippen molar-refractivity contribution in [2.75, 3.05) is 6.61 Å². The fourth-order valence-electron chi connectivity index (χ4n) is 2.03. The van der Waals surface area contributed by atoms with E-state index in [4.69, 9.17) is 9.15 Å². The molecule has 0 aliphatic heterocycles. The number of furan rings is 1. The minimum absolute atomic E-state index is 0.108. The number of amides is 1. The Hall–Kier alpha value is -3.08. The first-order valence-electron chi connectivity index (χ1n) is 6.79. The molecule has 22 heavy (non-hydrogen) atoms. The topological polar surface area (TPSA) is 63.8 Å². The van der Waals surface area contributed by atoms with Crippen molar-refractivity contribution in [3.8, 4) is 5.75 Å². The van der Waals surface area contributed by atoms with Gasteiger partial charge in [-0.05, 0) is 23.6 Å². The Bertz CT molecular complexity index is 789. The van der Waals surface area contributed by atoms with E-state index in [9.17, 15) is 4.79 Å². The zero-order valence-corrected chi connectivity index (χ0v) is 11.7. The summed E-state index contributed by atoms with van der Waals surface area (Å²) in [7, 11) is 0. The maximum atomic E-state index is 11.7. The molecule has 0 bridgehead atoms. The number of hydrogen-bond acceptors (Lipinski definition) is 4. The van der Waals surface area contributed by atoms with Crippen LogP contribution in [0.2, 0.25) is 0 Å². The van der Waals surface area contributed by atoms with Crippen molar-refractivity contribution >= 4 is 22.9 Å². The Balaban J connectivity index is 1.58. The van der Waals surface area contributed by atoms with Crippen LogP contribution in [-0.2, 0) is 4.79 Å². The fraction of sp³-hybridized carbons (Fsp3) is 0.0588. The summed E-state index contributed by atoms with van der Waals surface area (Å²) in [5.74, 6) is 0.897. The first kappa shape index (κ1) is 13.9. The Morgan fingerprint density at radius 1 is 1.14 bits per heavy atom. The number of fused-ring (bicyclic) bond motifs is 1. The second-order valence-corrected chi connectivity index (χ2v) is 4.57. The molecule has 1 aromatic heterocycles. The summed E-state index contributed by atoms with van der Waals surface area (Å²) in [5.41, 5.74) is 2.38. The summed E-state index contributed by atoms with van der Waals surface area (Å²) < 4.78 is 10.6. The van der Waals surface area contributed by atoms with Crippen LogP contribution in [0.3, 0.4) is 0 Å². The number of ether oxygens (including phenoxy) is 1. The van der Waals surface area contributed by atoms with Crippen LogP contribution in [0.1, 0.15) is 5.76 Å². The highest BCUT2D eigenvalue weighted by atomic mass is 16.5. The van der Waals surface area contributed by atoms with E-state index < -0.39 is 0 Å². The van der Waals surface area contributed by atoms with Gasteiger partial charge < -0.3 is 9.15 Å². The van der Waals surface area contributed by atoms with Gasteiger partial charge in [-0.25, -0.2) is 5.43 Å². The quantitative estimate of drug-likeness (QED) is 0.581. The van der Waals surface area contributed by atoms with E-state index in [1.807, 2.05) is 42.5 Å². The second-order valence-electron chi connectivity index (χ2n) is 4.57. The number of nitrogens with one attached hydrogen (secondary N) is 1. The molecule has 110 valence electrons. The van der Waals surface area contributed by atoms with Crippen LogP contribution in [0.15, 0.2) is 70.4 Å². The highest BCUT2D eigenvalue weighted by Crippen LogP contribution is 2.24. The van der Waals surface area contributed by atoms with E-state index in [1.54, 1.807) is 12.1 Å². The van der Waals surface area contributed by atoms with Crippen LogP contribution < -0.4 is 10.2 Å². The van der Waals surface area contributed by atoms with E-state index in [2.05, 4.69) is 10.5 Å². The van der Waals surface area contributed by atoms with Gasteiger partial charge in [0.05, 0.1) is 12.5 Å². The van der Waals surface area contributed by atoms with Gasteiger partial charge in [0.25, 0.3) is 5.91 Å². The van der Waals surface area contributed by atoms with E-state index in [1.165, 1.54) is 12.5 Å². The molecule has 0 aliphatic carbocycles. The molecule has 0 radical (unpaired) electrons.